The van der Waals surface area contributed by atoms with Crippen LogP contribution < -0.4 is 4.74 Å². The Bertz CT molecular complexity index is 889. The quantitative estimate of drug-likeness (QED) is 0.593. The van der Waals surface area contributed by atoms with Crippen LogP contribution in [-0.2, 0) is 23.1 Å². The maximum absolute atomic E-state index is 12.6. The van der Waals surface area contributed by atoms with E-state index in [2.05, 4.69) is 15.3 Å². The monoisotopic (exact) mass is 437 g/mol. The fraction of sp³-hybridized carbons (Fsp3) is 0.611. The number of carbonyl (C=O) groups is 2. The van der Waals surface area contributed by atoms with Gasteiger partial charge in [0.25, 0.3) is 0 Å². The van der Waals surface area contributed by atoms with Gasteiger partial charge in [-0.2, -0.15) is 0 Å². The Balaban J connectivity index is 1.61. The average molecular weight is 438 g/mol. The molecule has 2 aromatic heterocycles. The molecule has 1 saturated heterocycles. The second-order valence-electron chi connectivity index (χ2n) is 6.63. The van der Waals surface area contributed by atoms with Gasteiger partial charge in [0.15, 0.2) is 11.0 Å². The molecular weight excluding hydrogens is 410 g/mol. The minimum atomic E-state index is -0.326. The molecule has 0 radical (unpaired) electrons. The molecule has 2 aromatic rings. The zero-order valence-electron chi connectivity index (χ0n) is 17.7. The highest BCUT2D eigenvalue weighted by Crippen LogP contribution is 2.30. The van der Waals surface area contributed by atoms with E-state index in [1.807, 2.05) is 24.7 Å². The molecule has 2 amide bonds. The van der Waals surface area contributed by atoms with Crippen LogP contribution in [0.15, 0.2) is 11.4 Å². The Kier molecular flexibility index (Phi) is 7.19. The maximum Gasteiger partial charge on any atom is 0.409 e. The average Bonchev–Trinajstić information content (AvgIpc) is 3.34. The van der Waals surface area contributed by atoms with Crippen molar-refractivity contribution in [2.75, 3.05) is 45.6 Å². The van der Waals surface area contributed by atoms with Gasteiger partial charge in [-0.05, 0) is 13.8 Å². The minimum absolute atomic E-state index is 0.00895. The number of aromatic nitrogens is 5. The van der Waals surface area contributed by atoms with Gasteiger partial charge in [-0.3, -0.25) is 9.48 Å². The van der Waals surface area contributed by atoms with E-state index in [0.717, 1.165) is 5.56 Å². The summed E-state index contributed by atoms with van der Waals surface area (Å²) in [7, 11) is 3.38. The summed E-state index contributed by atoms with van der Waals surface area (Å²) >= 11 is 1.35. The lowest BCUT2D eigenvalue weighted by molar-refractivity contribution is -0.129. The molecule has 0 N–H and O–H groups in total. The lowest BCUT2D eigenvalue weighted by Gasteiger charge is -2.34. The van der Waals surface area contributed by atoms with Gasteiger partial charge in [0.1, 0.15) is 5.56 Å². The lowest BCUT2D eigenvalue weighted by Crippen LogP contribution is -2.51. The minimum Gasteiger partial charge on any atom is -0.479 e. The fourth-order valence-electron chi connectivity index (χ4n) is 3.22. The van der Waals surface area contributed by atoms with Crippen molar-refractivity contribution in [3.05, 3.63) is 6.20 Å². The molecule has 0 aromatic carbocycles. The predicted molar refractivity (Wildman–Crippen MR) is 110 cm³/mol. The highest BCUT2D eigenvalue weighted by atomic mass is 32.2. The highest BCUT2D eigenvalue weighted by Gasteiger charge is 2.26. The molecule has 0 aliphatic carbocycles. The molecule has 1 aliphatic heterocycles. The number of rotatable bonds is 7. The van der Waals surface area contributed by atoms with Crippen LogP contribution in [-0.4, -0.2) is 92.0 Å². The largest absolute Gasteiger partial charge is 0.479 e. The third-order valence-corrected chi connectivity index (χ3v) is 5.70. The molecule has 3 rings (SSSR count). The molecule has 0 unspecified atom stereocenters. The summed E-state index contributed by atoms with van der Waals surface area (Å²) in [5, 5.41) is 13.5. The molecule has 1 aliphatic rings. The van der Waals surface area contributed by atoms with E-state index < -0.39 is 0 Å². The van der Waals surface area contributed by atoms with Crippen LogP contribution in [0.3, 0.4) is 0 Å². The van der Waals surface area contributed by atoms with Crippen LogP contribution in [0, 0.1) is 0 Å². The zero-order valence-corrected chi connectivity index (χ0v) is 18.5. The lowest BCUT2D eigenvalue weighted by atomic mass is 10.3. The summed E-state index contributed by atoms with van der Waals surface area (Å²) in [5.41, 5.74) is 0.752. The zero-order chi connectivity index (χ0) is 21.7. The number of hydrogen-bond acceptors (Lipinski definition) is 8. The SMILES string of the molecule is CCOC(=O)N1CCN(C(=O)CSc2nnc(-c3cn(C)nc3OC)n2CC)CC1. The molecule has 3 heterocycles. The van der Waals surface area contributed by atoms with Crippen LogP contribution in [0.5, 0.6) is 5.88 Å². The van der Waals surface area contributed by atoms with Crippen molar-refractivity contribution in [1.82, 2.24) is 34.3 Å². The summed E-state index contributed by atoms with van der Waals surface area (Å²) in [4.78, 5) is 27.8. The number of hydrogen-bond donors (Lipinski definition) is 0. The molecule has 0 atom stereocenters. The van der Waals surface area contributed by atoms with Gasteiger partial charge < -0.3 is 23.8 Å². The topological polar surface area (TPSA) is 108 Å². The van der Waals surface area contributed by atoms with Crippen molar-refractivity contribution < 1.29 is 19.1 Å². The first-order chi connectivity index (χ1) is 14.5. The Hall–Kier alpha value is -2.76. The van der Waals surface area contributed by atoms with Gasteiger partial charge in [0.2, 0.25) is 11.8 Å². The standard InChI is InChI=1S/C18H27N7O4S/c1-5-25-15(13-11-22(3)21-16(13)28-4)19-20-17(25)30-12-14(26)23-7-9-24(10-8-23)18(27)29-6-2/h11H,5-10,12H2,1-4H3. The molecule has 0 bridgehead atoms. The van der Waals surface area contributed by atoms with Crippen molar-refractivity contribution in [2.45, 2.75) is 25.5 Å². The first-order valence-electron chi connectivity index (χ1n) is 9.81. The normalized spacial score (nSPS) is 14.1. The summed E-state index contributed by atoms with van der Waals surface area (Å²) in [6.45, 7) is 6.72. The van der Waals surface area contributed by atoms with Crippen LogP contribution in [0.1, 0.15) is 13.8 Å². The summed E-state index contributed by atoms with van der Waals surface area (Å²) in [6, 6.07) is 0. The second kappa shape index (κ2) is 9.83. The van der Waals surface area contributed by atoms with Crippen LogP contribution >= 0.6 is 11.8 Å². The van der Waals surface area contributed by atoms with E-state index in [0.29, 0.717) is 56.2 Å². The maximum atomic E-state index is 12.6. The van der Waals surface area contributed by atoms with Crippen LogP contribution in [0.4, 0.5) is 4.79 Å². The summed E-state index contributed by atoms with van der Waals surface area (Å²) in [5.74, 6) is 1.39. The van der Waals surface area contributed by atoms with Crippen molar-refractivity contribution in [1.29, 1.82) is 0 Å². The van der Waals surface area contributed by atoms with Crippen molar-refractivity contribution >= 4 is 23.8 Å². The molecule has 11 nitrogen and oxygen atoms in total. The number of nitrogens with zero attached hydrogens (tertiary/aromatic N) is 7. The summed E-state index contributed by atoms with van der Waals surface area (Å²) < 4.78 is 13.9. The third-order valence-electron chi connectivity index (χ3n) is 4.75. The first kappa shape index (κ1) is 21.9. The molecule has 0 spiro atoms. The molecule has 30 heavy (non-hydrogen) atoms. The fourth-order valence-corrected chi connectivity index (χ4v) is 4.13. The number of carbonyl (C=O) groups excluding carboxylic acids is 2. The van der Waals surface area contributed by atoms with Gasteiger partial charge in [-0.1, -0.05) is 11.8 Å². The molecular formula is C18H27N7O4S. The Labute approximate surface area is 179 Å². The smallest absolute Gasteiger partial charge is 0.409 e. The van der Waals surface area contributed by atoms with Gasteiger partial charge in [-0.15, -0.1) is 15.3 Å². The number of aryl methyl sites for hydroxylation is 1. The number of thioether (sulfide) groups is 1. The van der Waals surface area contributed by atoms with E-state index in [4.69, 9.17) is 9.47 Å². The molecule has 0 saturated carbocycles. The van der Waals surface area contributed by atoms with E-state index in [-0.39, 0.29) is 17.8 Å². The summed E-state index contributed by atoms with van der Waals surface area (Å²) in [6.07, 6.45) is 1.51. The van der Waals surface area contributed by atoms with Gasteiger partial charge in [0.05, 0.1) is 19.5 Å². The third kappa shape index (κ3) is 4.69. The molecule has 164 valence electrons. The second-order valence-corrected chi connectivity index (χ2v) is 7.57. The Morgan fingerprint density at radius 1 is 1.13 bits per heavy atom. The molecule has 1 fully saturated rings. The number of ether oxygens (including phenoxy) is 2. The van der Waals surface area contributed by atoms with E-state index in [1.54, 1.807) is 28.5 Å². The van der Waals surface area contributed by atoms with Crippen molar-refractivity contribution in [2.24, 2.45) is 7.05 Å². The van der Waals surface area contributed by atoms with E-state index >= 15 is 0 Å². The Morgan fingerprint density at radius 2 is 1.83 bits per heavy atom. The van der Waals surface area contributed by atoms with Crippen LogP contribution in [0.2, 0.25) is 0 Å². The predicted octanol–water partition coefficient (Wildman–Crippen LogP) is 1.10. The van der Waals surface area contributed by atoms with Crippen molar-refractivity contribution in [3.63, 3.8) is 0 Å². The van der Waals surface area contributed by atoms with Gasteiger partial charge in [-0.25, -0.2) is 4.79 Å². The number of methoxy groups -OCH3 is 1. The highest BCUT2D eigenvalue weighted by molar-refractivity contribution is 7.99. The number of piperazine rings is 1. The van der Waals surface area contributed by atoms with Gasteiger partial charge in [0, 0.05) is 46.0 Å². The van der Waals surface area contributed by atoms with Crippen molar-refractivity contribution in [3.8, 4) is 17.3 Å². The van der Waals surface area contributed by atoms with E-state index in [1.165, 1.54) is 11.8 Å². The molecule has 12 heteroatoms. The number of amides is 2. The first-order valence-corrected chi connectivity index (χ1v) is 10.8. The van der Waals surface area contributed by atoms with Gasteiger partial charge >= 0.3 is 6.09 Å². The Morgan fingerprint density at radius 3 is 2.47 bits per heavy atom. The van der Waals surface area contributed by atoms with Crippen LogP contribution in [0.25, 0.3) is 11.4 Å². The van der Waals surface area contributed by atoms with E-state index in [9.17, 15) is 9.59 Å².